The molecular weight excluding hydrogens is 342 g/mol. The average Bonchev–Trinajstić information content (AvgIpc) is 3.07. The number of ether oxygens (including phenoxy) is 1. The average molecular weight is 367 g/mol. The maximum atomic E-state index is 12.9. The van der Waals surface area contributed by atoms with Crippen molar-refractivity contribution >= 4 is 15.9 Å². The van der Waals surface area contributed by atoms with Gasteiger partial charge in [0.15, 0.2) is 0 Å². The zero-order chi connectivity index (χ0) is 18.0. The van der Waals surface area contributed by atoms with E-state index in [0.29, 0.717) is 18.7 Å². The number of rotatable bonds is 4. The molecule has 0 radical (unpaired) electrons. The van der Waals surface area contributed by atoms with E-state index in [1.54, 1.807) is 12.1 Å². The van der Waals surface area contributed by atoms with Gasteiger partial charge in [0, 0.05) is 31.2 Å². The second kappa shape index (κ2) is 7.41. The normalized spacial score (nSPS) is 28.0. The third kappa shape index (κ3) is 4.20. The Morgan fingerprint density at radius 2 is 2.00 bits per heavy atom. The minimum absolute atomic E-state index is 0.0914. The fraction of sp³-hybridized carbons (Fsp3) is 0.588. The second-order valence-corrected chi connectivity index (χ2v) is 8.71. The number of sulfonamides is 1. The van der Waals surface area contributed by atoms with Gasteiger partial charge in [0.2, 0.25) is 10.0 Å². The summed E-state index contributed by atoms with van der Waals surface area (Å²) in [6.07, 6.45) is 0.576. The SMILES string of the molecule is CC1CN(S(=O)(=O)c2cccc(C(=O)NC3CCNC3)c2)CC(C)O1. The quantitative estimate of drug-likeness (QED) is 0.813. The molecular formula is C17H25N3O4S. The van der Waals surface area contributed by atoms with Crippen LogP contribution in [-0.2, 0) is 14.8 Å². The molecule has 2 heterocycles. The van der Waals surface area contributed by atoms with Crippen LogP contribution >= 0.6 is 0 Å². The van der Waals surface area contributed by atoms with Crippen LogP contribution in [-0.4, -0.2) is 63.1 Å². The summed E-state index contributed by atoms with van der Waals surface area (Å²) in [5.41, 5.74) is 0.363. The number of nitrogens with zero attached hydrogens (tertiary/aromatic N) is 1. The van der Waals surface area contributed by atoms with Gasteiger partial charge in [-0.1, -0.05) is 6.07 Å². The molecule has 3 atom stereocenters. The predicted molar refractivity (Wildman–Crippen MR) is 94.0 cm³/mol. The third-order valence-electron chi connectivity index (χ3n) is 4.52. The Morgan fingerprint density at radius 1 is 1.28 bits per heavy atom. The number of benzene rings is 1. The number of carbonyl (C=O) groups is 1. The molecule has 2 saturated heterocycles. The Bertz CT molecular complexity index is 721. The van der Waals surface area contributed by atoms with Crippen LogP contribution in [0.15, 0.2) is 29.2 Å². The molecule has 0 aliphatic carbocycles. The molecule has 25 heavy (non-hydrogen) atoms. The Labute approximate surface area is 148 Å². The first-order chi connectivity index (χ1) is 11.9. The first-order valence-corrected chi connectivity index (χ1v) is 10.1. The maximum absolute atomic E-state index is 12.9. The van der Waals surface area contributed by atoms with E-state index in [0.717, 1.165) is 19.5 Å². The Morgan fingerprint density at radius 3 is 2.64 bits per heavy atom. The van der Waals surface area contributed by atoms with Crippen molar-refractivity contribution in [2.75, 3.05) is 26.2 Å². The van der Waals surface area contributed by atoms with Gasteiger partial charge in [-0.05, 0) is 45.0 Å². The number of amides is 1. The first-order valence-electron chi connectivity index (χ1n) is 8.63. The van der Waals surface area contributed by atoms with Crippen molar-refractivity contribution in [2.24, 2.45) is 0 Å². The number of nitrogens with one attached hydrogen (secondary N) is 2. The lowest BCUT2D eigenvalue weighted by molar-refractivity contribution is -0.0440. The summed E-state index contributed by atoms with van der Waals surface area (Å²) in [5, 5.41) is 6.12. The second-order valence-electron chi connectivity index (χ2n) is 6.77. The number of hydrogen-bond donors (Lipinski definition) is 2. The van der Waals surface area contributed by atoms with Crippen LogP contribution in [0.2, 0.25) is 0 Å². The monoisotopic (exact) mass is 367 g/mol. The van der Waals surface area contributed by atoms with Gasteiger partial charge >= 0.3 is 0 Å². The summed E-state index contributed by atoms with van der Waals surface area (Å²) in [5.74, 6) is -0.241. The molecule has 2 aliphatic rings. The van der Waals surface area contributed by atoms with E-state index >= 15 is 0 Å². The summed E-state index contributed by atoms with van der Waals surface area (Å²) in [6.45, 7) is 5.98. The first kappa shape index (κ1) is 18.3. The third-order valence-corrected chi connectivity index (χ3v) is 6.34. The molecule has 2 fully saturated rings. The van der Waals surface area contributed by atoms with Gasteiger partial charge in [0.1, 0.15) is 0 Å². The fourth-order valence-corrected chi connectivity index (χ4v) is 4.96. The standard InChI is InChI=1S/C17H25N3O4S/c1-12-10-20(11-13(2)24-12)25(22,23)16-5-3-4-14(8-16)17(21)19-15-6-7-18-9-15/h3-5,8,12-13,15,18H,6-7,9-11H2,1-2H3,(H,19,21). The highest BCUT2D eigenvalue weighted by molar-refractivity contribution is 7.89. The van der Waals surface area contributed by atoms with Crippen LogP contribution in [0.1, 0.15) is 30.6 Å². The zero-order valence-electron chi connectivity index (χ0n) is 14.6. The molecule has 3 unspecified atom stereocenters. The van der Waals surface area contributed by atoms with Gasteiger partial charge in [0.05, 0.1) is 17.1 Å². The lowest BCUT2D eigenvalue weighted by Crippen LogP contribution is -2.48. The van der Waals surface area contributed by atoms with Crippen LogP contribution in [0.4, 0.5) is 0 Å². The Balaban J connectivity index is 1.78. The Hall–Kier alpha value is -1.48. The van der Waals surface area contributed by atoms with Gasteiger partial charge in [-0.15, -0.1) is 0 Å². The van der Waals surface area contributed by atoms with E-state index in [-0.39, 0.29) is 29.1 Å². The number of carbonyl (C=O) groups excluding carboxylic acids is 1. The number of morpholine rings is 1. The number of hydrogen-bond acceptors (Lipinski definition) is 5. The van der Waals surface area contributed by atoms with Crippen molar-refractivity contribution < 1.29 is 17.9 Å². The van der Waals surface area contributed by atoms with Gasteiger partial charge in [0.25, 0.3) is 5.91 Å². The lowest BCUT2D eigenvalue weighted by Gasteiger charge is -2.34. The van der Waals surface area contributed by atoms with Gasteiger partial charge < -0.3 is 15.4 Å². The van der Waals surface area contributed by atoms with E-state index in [2.05, 4.69) is 10.6 Å². The molecule has 1 aromatic carbocycles. The zero-order valence-corrected chi connectivity index (χ0v) is 15.4. The van der Waals surface area contributed by atoms with E-state index in [1.807, 2.05) is 13.8 Å². The highest BCUT2D eigenvalue weighted by atomic mass is 32.2. The maximum Gasteiger partial charge on any atom is 0.251 e. The van der Waals surface area contributed by atoms with Crippen LogP contribution < -0.4 is 10.6 Å². The molecule has 0 saturated carbocycles. The van der Waals surface area contributed by atoms with E-state index in [4.69, 9.17) is 4.74 Å². The van der Waals surface area contributed by atoms with Crippen molar-refractivity contribution in [1.82, 2.24) is 14.9 Å². The highest BCUT2D eigenvalue weighted by Gasteiger charge is 2.32. The van der Waals surface area contributed by atoms with Crippen LogP contribution in [0.5, 0.6) is 0 Å². The molecule has 2 N–H and O–H groups in total. The van der Waals surface area contributed by atoms with Crippen LogP contribution in [0, 0.1) is 0 Å². The molecule has 0 spiro atoms. The van der Waals surface area contributed by atoms with Crippen molar-refractivity contribution in [1.29, 1.82) is 0 Å². The Kier molecular flexibility index (Phi) is 5.43. The van der Waals surface area contributed by atoms with E-state index in [1.165, 1.54) is 16.4 Å². The topological polar surface area (TPSA) is 87.7 Å². The fourth-order valence-electron chi connectivity index (χ4n) is 3.32. The van der Waals surface area contributed by atoms with Crippen molar-refractivity contribution in [2.45, 2.75) is 43.4 Å². The van der Waals surface area contributed by atoms with Gasteiger partial charge in [-0.2, -0.15) is 4.31 Å². The molecule has 0 bridgehead atoms. The molecule has 7 nitrogen and oxygen atoms in total. The summed E-state index contributed by atoms with van der Waals surface area (Å²) in [6, 6.07) is 6.34. The van der Waals surface area contributed by atoms with Crippen molar-refractivity contribution in [3.05, 3.63) is 29.8 Å². The lowest BCUT2D eigenvalue weighted by atomic mass is 10.2. The van der Waals surface area contributed by atoms with E-state index in [9.17, 15) is 13.2 Å². The largest absolute Gasteiger partial charge is 0.373 e. The smallest absolute Gasteiger partial charge is 0.251 e. The molecule has 2 aliphatic heterocycles. The molecule has 0 aromatic heterocycles. The summed E-state index contributed by atoms with van der Waals surface area (Å²) >= 11 is 0. The minimum atomic E-state index is -3.65. The van der Waals surface area contributed by atoms with Crippen molar-refractivity contribution in [3.8, 4) is 0 Å². The van der Waals surface area contributed by atoms with E-state index < -0.39 is 10.0 Å². The van der Waals surface area contributed by atoms with Crippen LogP contribution in [0.3, 0.4) is 0 Å². The van der Waals surface area contributed by atoms with Gasteiger partial charge in [-0.3, -0.25) is 4.79 Å². The summed E-state index contributed by atoms with van der Waals surface area (Å²) in [4.78, 5) is 12.5. The van der Waals surface area contributed by atoms with Gasteiger partial charge in [-0.25, -0.2) is 8.42 Å². The highest BCUT2D eigenvalue weighted by Crippen LogP contribution is 2.22. The minimum Gasteiger partial charge on any atom is -0.373 e. The van der Waals surface area contributed by atoms with Crippen molar-refractivity contribution in [3.63, 3.8) is 0 Å². The molecule has 138 valence electrons. The van der Waals surface area contributed by atoms with Crippen LogP contribution in [0.25, 0.3) is 0 Å². The molecule has 1 amide bonds. The molecule has 1 aromatic rings. The molecule has 8 heteroatoms. The molecule has 3 rings (SSSR count). The summed E-state index contributed by atoms with van der Waals surface area (Å²) < 4.78 is 32.9. The summed E-state index contributed by atoms with van der Waals surface area (Å²) in [7, 11) is -3.65. The predicted octanol–water partition coefficient (Wildman–Crippen LogP) is 0.576.